The molecule has 130 valence electrons. The summed E-state index contributed by atoms with van der Waals surface area (Å²) in [6.07, 6.45) is 6.51. The highest BCUT2D eigenvalue weighted by Gasteiger charge is 2.24. The van der Waals surface area contributed by atoms with Gasteiger partial charge >= 0.3 is 0 Å². The van der Waals surface area contributed by atoms with Crippen LogP contribution in [-0.4, -0.2) is 48.0 Å². The van der Waals surface area contributed by atoms with Gasteiger partial charge in [0.05, 0.1) is 11.6 Å². The summed E-state index contributed by atoms with van der Waals surface area (Å²) in [6.45, 7) is 1.50. The minimum absolute atomic E-state index is 0.0108. The third-order valence-electron chi connectivity index (χ3n) is 4.75. The Morgan fingerprint density at radius 1 is 1.36 bits per heavy atom. The summed E-state index contributed by atoms with van der Waals surface area (Å²) >= 11 is 0. The number of aromatic amines is 1. The monoisotopic (exact) mass is 337 g/mol. The van der Waals surface area contributed by atoms with Crippen LogP contribution in [0.3, 0.4) is 0 Å². The molecule has 25 heavy (non-hydrogen) atoms. The highest BCUT2D eigenvalue weighted by atomic mass is 16.2. The van der Waals surface area contributed by atoms with Crippen molar-refractivity contribution in [3.63, 3.8) is 0 Å². The lowest BCUT2D eigenvalue weighted by Gasteiger charge is -2.32. The number of benzene rings is 1. The smallest absolute Gasteiger partial charge is 0.253 e. The number of nitrogens with zero attached hydrogens (tertiary/aromatic N) is 4. The molecule has 1 saturated heterocycles. The zero-order chi connectivity index (χ0) is 17.8. The van der Waals surface area contributed by atoms with Crippen molar-refractivity contribution in [3.05, 3.63) is 47.5 Å². The number of hydrogen-bond donors (Lipinski definition) is 1. The lowest BCUT2D eigenvalue weighted by molar-refractivity contribution is 0.0690. The summed E-state index contributed by atoms with van der Waals surface area (Å²) in [5, 5.41) is 9.22. The van der Waals surface area contributed by atoms with Gasteiger partial charge in [-0.2, -0.15) is 5.26 Å². The maximum absolute atomic E-state index is 12.8. The zero-order valence-electron chi connectivity index (χ0n) is 14.7. The first-order chi connectivity index (χ1) is 12.1. The number of rotatable bonds is 4. The quantitative estimate of drug-likeness (QED) is 0.930. The molecule has 0 unspecified atom stereocenters. The van der Waals surface area contributed by atoms with Gasteiger partial charge in [-0.15, -0.1) is 0 Å². The molecule has 0 atom stereocenters. The summed E-state index contributed by atoms with van der Waals surface area (Å²) in [4.78, 5) is 24.1. The van der Waals surface area contributed by atoms with Crippen molar-refractivity contribution in [1.82, 2.24) is 14.9 Å². The van der Waals surface area contributed by atoms with Crippen molar-refractivity contribution in [2.45, 2.75) is 19.3 Å². The van der Waals surface area contributed by atoms with E-state index in [0.717, 1.165) is 43.9 Å². The molecule has 0 spiro atoms. The van der Waals surface area contributed by atoms with Gasteiger partial charge in [-0.3, -0.25) is 4.79 Å². The Balaban J connectivity index is 1.66. The van der Waals surface area contributed by atoms with E-state index in [9.17, 15) is 10.1 Å². The maximum atomic E-state index is 12.8. The second-order valence-corrected chi connectivity index (χ2v) is 6.75. The summed E-state index contributed by atoms with van der Waals surface area (Å²) in [7, 11) is 3.82. The number of piperidine rings is 1. The number of carbonyl (C=O) groups excluding carboxylic acids is 1. The van der Waals surface area contributed by atoms with Gasteiger partial charge in [-0.25, -0.2) is 4.98 Å². The first-order valence-electron chi connectivity index (χ1n) is 8.57. The highest BCUT2D eigenvalue weighted by Crippen LogP contribution is 2.24. The van der Waals surface area contributed by atoms with Crippen LogP contribution in [0.5, 0.6) is 0 Å². The van der Waals surface area contributed by atoms with Crippen molar-refractivity contribution >= 4 is 11.6 Å². The van der Waals surface area contributed by atoms with Gasteiger partial charge in [-0.1, -0.05) is 0 Å². The Hall–Kier alpha value is -2.81. The van der Waals surface area contributed by atoms with E-state index in [2.05, 4.69) is 16.0 Å². The molecule has 3 rings (SSSR count). The zero-order valence-corrected chi connectivity index (χ0v) is 14.7. The van der Waals surface area contributed by atoms with E-state index in [4.69, 9.17) is 0 Å². The molecule has 6 heteroatoms. The third kappa shape index (κ3) is 4.00. The molecule has 1 aliphatic rings. The SMILES string of the molecule is CN(C)c1cc(C#N)cc(C(=O)N2CCC(Cc3ncc[nH]3)CC2)c1. The Morgan fingerprint density at radius 2 is 2.12 bits per heavy atom. The topological polar surface area (TPSA) is 76.0 Å². The highest BCUT2D eigenvalue weighted by molar-refractivity contribution is 5.95. The normalized spacial score (nSPS) is 15.0. The van der Waals surface area contributed by atoms with Crippen LogP contribution in [-0.2, 0) is 6.42 Å². The van der Waals surface area contributed by atoms with Gasteiger partial charge in [0.2, 0.25) is 0 Å². The molecule has 2 aromatic rings. The van der Waals surface area contributed by atoms with Crippen LogP contribution in [0.2, 0.25) is 0 Å². The van der Waals surface area contributed by atoms with Crippen molar-refractivity contribution in [2.75, 3.05) is 32.1 Å². The molecular formula is C19H23N5O. The number of anilines is 1. The van der Waals surface area contributed by atoms with Crippen LogP contribution in [0.25, 0.3) is 0 Å². The minimum Gasteiger partial charge on any atom is -0.378 e. The average molecular weight is 337 g/mol. The minimum atomic E-state index is 0.0108. The van der Waals surface area contributed by atoms with Crippen LogP contribution in [0.4, 0.5) is 5.69 Å². The van der Waals surface area contributed by atoms with Gasteiger partial charge < -0.3 is 14.8 Å². The van der Waals surface area contributed by atoms with E-state index in [0.29, 0.717) is 17.0 Å². The molecule has 1 aromatic carbocycles. The van der Waals surface area contributed by atoms with E-state index in [1.165, 1.54) is 0 Å². The number of nitriles is 1. The van der Waals surface area contributed by atoms with Crippen LogP contribution < -0.4 is 4.90 Å². The Labute approximate surface area is 148 Å². The van der Waals surface area contributed by atoms with Crippen molar-refractivity contribution in [1.29, 1.82) is 5.26 Å². The van der Waals surface area contributed by atoms with E-state index in [1.54, 1.807) is 18.3 Å². The second kappa shape index (κ2) is 7.39. The van der Waals surface area contributed by atoms with E-state index in [1.807, 2.05) is 36.2 Å². The summed E-state index contributed by atoms with van der Waals surface area (Å²) < 4.78 is 0. The number of likely N-dealkylation sites (tertiary alicyclic amines) is 1. The number of aromatic nitrogens is 2. The van der Waals surface area contributed by atoms with Crippen LogP contribution in [0, 0.1) is 17.2 Å². The predicted molar refractivity (Wildman–Crippen MR) is 96.4 cm³/mol. The van der Waals surface area contributed by atoms with Crippen molar-refractivity contribution < 1.29 is 4.79 Å². The molecule has 1 amide bonds. The third-order valence-corrected chi connectivity index (χ3v) is 4.75. The summed E-state index contributed by atoms with van der Waals surface area (Å²) in [5.41, 5.74) is 1.98. The number of amides is 1. The molecule has 0 radical (unpaired) electrons. The molecule has 2 heterocycles. The lowest BCUT2D eigenvalue weighted by atomic mass is 9.93. The largest absolute Gasteiger partial charge is 0.378 e. The number of carbonyl (C=O) groups is 1. The number of hydrogen-bond acceptors (Lipinski definition) is 4. The van der Waals surface area contributed by atoms with E-state index < -0.39 is 0 Å². The molecule has 1 aromatic heterocycles. The average Bonchev–Trinajstić information content (AvgIpc) is 3.14. The van der Waals surface area contributed by atoms with Crippen LogP contribution in [0.1, 0.15) is 34.6 Å². The van der Waals surface area contributed by atoms with E-state index >= 15 is 0 Å². The molecule has 1 N–H and O–H groups in total. The molecule has 0 saturated carbocycles. The van der Waals surface area contributed by atoms with Gasteiger partial charge in [0, 0.05) is 57.3 Å². The Morgan fingerprint density at radius 3 is 2.72 bits per heavy atom. The van der Waals surface area contributed by atoms with Crippen molar-refractivity contribution in [2.24, 2.45) is 5.92 Å². The molecular weight excluding hydrogens is 314 g/mol. The molecule has 1 aliphatic heterocycles. The van der Waals surface area contributed by atoms with Gasteiger partial charge in [0.1, 0.15) is 5.82 Å². The Kier molecular flexibility index (Phi) is 5.03. The fraction of sp³-hybridized carbons (Fsp3) is 0.421. The van der Waals surface area contributed by atoms with Crippen molar-refractivity contribution in [3.8, 4) is 6.07 Å². The standard InChI is InChI=1S/C19H23N5O/c1-23(2)17-10-15(13-20)9-16(12-17)19(25)24-7-3-14(4-8-24)11-18-21-5-6-22-18/h5-6,9-10,12,14H,3-4,7-8,11H2,1-2H3,(H,21,22). The number of nitrogens with one attached hydrogen (secondary N) is 1. The first kappa shape index (κ1) is 17.0. The fourth-order valence-electron chi connectivity index (χ4n) is 3.26. The second-order valence-electron chi connectivity index (χ2n) is 6.75. The number of imidazole rings is 1. The first-order valence-corrected chi connectivity index (χ1v) is 8.57. The number of H-pyrrole nitrogens is 1. The maximum Gasteiger partial charge on any atom is 0.253 e. The van der Waals surface area contributed by atoms with E-state index in [-0.39, 0.29) is 5.91 Å². The van der Waals surface area contributed by atoms with Gasteiger partial charge in [0.15, 0.2) is 0 Å². The molecule has 0 bridgehead atoms. The lowest BCUT2D eigenvalue weighted by Crippen LogP contribution is -2.39. The van der Waals surface area contributed by atoms with Crippen LogP contribution >= 0.6 is 0 Å². The summed E-state index contributed by atoms with van der Waals surface area (Å²) in [6, 6.07) is 7.49. The summed E-state index contributed by atoms with van der Waals surface area (Å²) in [5.74, 6) is 1.58. The predicted octanol–water partition coefficient (Wildman–Crippen LogP) is 2.44. The molecule has 6 nitrogen and oxygen atoms in total. The fourth-order valence-corrected chi connectivity index (χ4v) is 3.26. The molecule has 1 fully saturated rings. The Bertz CT molecular complexity index is 768. The molecule has 0 aliphatic carbocycles. The van der Waals surface area contributed by atoms with Gasteiger partial charge in [-0.05, 0) is 37.0 Å². The van der Waals surface area contributed by atoms with Crippen LogP contribution in [0.15, 0.2) is 30.6 Å². The van der Waals surface area contributed by atoms with Gasteiger partial charge in [0.25, 0.3) is 5.91 Å².